The summed E-state index contributed by atoms with van der Waals surface area (Å²) >= 11 is 5.38. The summed E-state index contributed by atoms with van der Waals surface area (Å²) < 4.78 is 0. The van der Waals surface area contributed by atoms with Crippen LogP contribution in [0.15, 0.2) is 40.4 Å². The van der Waals surface area contributed by atoms with Crippen LogP contribution in [-0.2, 0) is 9.59 Å². The van der Waals surface area contributed by atoms with Gasteiger partial charge in [-0.25, -0.2) is 4.99 Å². The van der Waals surface area contributed by atoms with Gasteiger partial charge in [-0.2, -0.15) is 0 Å². The third-order valence-corrected chi connectivity index (χ3v) is 6.30. The fourth-order valence-corrected chi connectivity index (χ4v) is 4.32. The number of amides is 2. The van der Waals surface area contributed by atoms with Crippen molar-refractivity contribution < 1.29 is 9.59 Å². The SMILES string of the molecule is CCN(CC)CCN1C(=O)C2C=CC(C(=O)NCCC3=CCCCC3)=CC2=NC1=S. The Bertz CT molecular complexity index is 808. The fraction of sp³-hybridized carbons (Fsp3) is 0.565. The summed E-state index contributed by atoms with van der Waals surface area (Å²) in [6.07, 6.45) is 13.2. The van der Waals surface area contributed by atoms with Crippen molar-refractivity contribution in [3.8, 4) is 0 Å². The largest absolute Gasteiger partial charge is 0.352 e. The van der Waals surface area contributed by atoms with Gasteiger partial charge in [0.2, 0.25) is 11.0 Å². The molecule has 2 amide bonds. The molecule has 2 aliphatic carbocycles. The van der Waals surface area contributed by atoms with Crippen LogP contribution >= 0.6 is 12.2 Å². The van der Waals surface area contributed by atoms with E-state index in [9.17, 15) is 9.59 Å². The molecule has 7 heteroatoms. The van der Waals surface area contributed by atoms with E-state index in [1.165, 1.54) is 18.4 Å². The lowest BCUT2D eigenvalue weighted by molar-refractivity contribution is -0.128. The van der Waals surface area contributed by atoms with Crippen LogP contribution in [0, 0.1) is 5.92 Å². The lowest BCUT2D eigenvalue weighted by atomic mass is 9.91. The zero-order valence-electron chi connectivity index (χ0n) is 18.0. The molecule has 6 nitrogen and oxygen atoms in total. The summed E-state index contributed by atoms with van der Waals surface area (Å²) in [6, 6.07) is 0. The third-order valence-electron chi connectivity index (χ3n) is 5.99. The Morgan fingerprint density at radius 2 is 2.13 bits per heavy atom. The minimum atomic E-state index is -0.461. The van der Waals surface area contributed by atoms with Crippen LogP contribution in [0.2, 0.25) is 0 Å². The van der Waals surface area contributed by atoms with Gasteiger partial charge < -0.3 is 10.2 Å². The molecule has 0 aromatic carbocycles. The van der Waals surface area contributed by atoms with Crippen molar-refractivity contribution >= 4 is 34.9 Å². The molecule has 0 saturated heterocycles. The second-order valence-corrected chi connectivity index (χ2v) is 8.25. The molecule has 3 aliphatic rings. The topological polar surface area (TPSA) is 65.0 Å². The summed E-state index contributed by atoms with van der Waals surface area (Å²) in [6.45, 7) is 7.99. The monoisotopic (exact) mass is 428 g/mol. The molecule has 162 valence electrons. The summed E-state index contributed by atoms with van der Waals surface area (Å²) in [5.41, 5.74) is 2.52. The standard InChI is InChI=1S/C23H32N4O2S/c1-3-26(4-2)14-15-27-22(29)19-11-10-18(16-20(19)25-23(27)30)21(28)24-13-12-17-8-6-5-7-9-17/h8,10-11,16,19H,3-7,9,12-15H2,1-2H3,(H,24,28). The molecular weight excluding hydrogens is 396 g/mol. The van der Waals surface area contributed by atoms with E-state index in [1.807, 2.05) is 0 Å². The molecule has 0 spiro atoms. The minimum Gasteiger partial charge on any atom is -0.352 e. The van der Waals surface area contributed by atoms with Crippen molar-refractivity contribution in [2.45, 2.75) is 46.0 Å². The Morgan fingerprint density at radius 1 is 1.33 bits per heavy atom. The maximum Gasteiger partial charge on any atom is 0.251 e. The van der Waals surface area contributed by atoms with Crippen molar-refractivity contribution in [2.24, 2.45) is 10.9 Å². The van der Waals surface area contributed by atoms with Crippen molar-refractivity contribution in [3.63, 3.8) is 0 Å². The van der Waals surface area contributed by atoms with E-state index in [0.717, 1.165) is 38.9 Å². The minimum absolute atomic E-state index is 0.0617. The zero-order valence-corrected chi connectivity index (χ0v) is 18.8. The third kappa shape index (κ3) is 5.52. The van der Waals surface area contributed by atoms with Gasteiger partial charge >= 0.3 is 0 Å². The molecule has 0 aromatic rings. The molecule has 0 saturated carbocycles. The Hall–Kier alpha value is -2.12. The Kier molecular flexibility index (Phi) is 8.10. The highest BCUT2D eigenvalue weighted by molar-refractivity contribution is 7.80. The number of aliphatic imine (C=N–C) groups is 1. The number of carbonyl (C=O) groups is 2. The highest BCUT2D eigenvalue weighted by Crippen LogP contribution is 2.23. The van der Waals surface area contributed by atoms with Crippen molar-refractivity contribution in [1.82, 2.24) is 15.1 Å². The zero-order chi connectivity index (χ0) is 21.5. The predicted octanol–water partition coefficient (Wildman–Crippen LogP) is 3.02. The number of hydrogen-bond acceptors (Lipinski definition) is 4. The average Bonchev–Trinajstić information content (AvgIpc) is 2.76. The van der Waals surface area contributed by atoms with Crippen molar-refractivity contribution in [1.29, 1.82) is 0 Å². The summed E-state index contributed by atoms with van der Waals surface area (Å²) in [5, 5.41) is 3.27. The summed E-state index contributed by atoms with van der Waals surface area (Å²) in [4.78, 5) is 33.8. The Labute approximate surface area is 184 Å². The highest BCUT2D eigenvalue weighted by Gasteiger charge is 2.35. The molecule has 0 radical (unpaired) electrons. The molecule has 0 bridgehead atoms. The first-order valence-corrected chi connectivity index (χ1v) is 11.5. The normalized spacial score (nSPS) is 21.2. The predicted molar refractivity (Wildman–Crippen MR) is 124 cm³/mol. The molecule has 1 unspecified atom stereocenters. The van der Waals surface area contributed by atoms with Crippen LogP contribution in [0.1, 0.15) is 46.0 Å². The second kappa shape index (κ2) is 10.8. The van der Waals surface area contributed by atoms with Gasteiger partial charge in [0, 0.05) is 25.2 Å². The van der Waals surface area contributed by atoms with E-state index in [2.05, 4.69) is 35.1 Å². The van der Waals surface area contributed by atoms with Crippen LogP contribution in [0.3, 0.4) is 0 Å². The Morgan fingerprint density at radius 3 is 2.83 bits per heavy atom. The first kappa shape index (κ1) is 22.6. The van der Waals surface area contributed by atoms with Gasteiger partial charge in [0.15, 0.2) is 0 Å². The molecule has 0 fully saturated rings. The molecule has 1 aliphatic heterocycles. The van der Waals surface area contributed by atoms with E-state index < -0.39 is 5.92 Å². The van der Waals surface area contributed by atoms with Crippen molar-refractivity contribution in [3.05, 3.63) is 35.5 Å². The Balaban J connectivity index is 1.59. The molecule has 1 N–H and O–H groups in total. The van der Waals surface area contributed by atoms with Crippen LogP contribution in [0.25, 0.3) is 0 Å². The van der Waals surface area contributed by atoms with Crippen LogP contribution in [-0.4, -0.2) is 65.2 Å². The van der Waals surface area contributed by atoms with Gasteiger partial charge in [-0.3, -0.25) is 14.5 Å². The molecule has 3 rings (SSSR count). The molecule has 1 heterocycles. The number of nitrogens with zero attached hydrogens (tertiary/aromatic N) is 3. The number of nitrogens with one attached hydrogen (secondary N) is 1. The number of thiocarbonyl (C=S) groups is 1. The molecule has 30 heavy (non-hydrogen) atoms. The van der Waals surface area contributed by atoms with E-state index >= 15 is 0 Å². The van der Waals surface area contributed by atoms with Crippen LogP contribution < -0.4 is 5.32 Å². The number of rotatable bonds is 9. The quantitative estimate of drug-likeness (QED) is 0.453. The maximum atomic E-state index is 12.9. The highest BCUT2D eigenvalue weighted by atomic mass is 32.1. The van der Waals surface area contributed by atoms with E-state index in [1.54, 1.807) is 23.1 Å². The van der Waals surface area contributed by atoms with Gasteiger partial charge in [0.1, 0.15) is 0 Å². The number of carbonyl (C=O) groups excluding carboxylic acids is 2. The first-order chi connectivity index (χ1) is 14.5. The maximum absolute atomic E-state index is 12.9. The van der Waals surface area contributed by atoms with Gasteiger partial charge in [-0.05, 0) is 63.5 Å². The van der Waals surface area contributed by atoms with Gasteiger partial charge in [0.25, 0.3) is 5.91 Å². The molecule has 0 aromatic heterocycles. The average molecular weight is 429 g/mol. The second-order valence-electron chi connectivity index (χ2n) is 7.89. The van der Waals surface area contributed by atoms with Crippen LogP contribution in [0.4, 0.5) is 0 Å². The van der Waals surface area contributed by atoms with E-state index in [-0.39, 0.29) is 16.9 Å². The van der Waals surface area contributed by atoms with Gasteiger partial charge in [-0.1, -0.05) is 37.6 Å². The number of fused-ring (bicyclic) bond motifs is 1. The van der Waals surface area contributed by atoms with E-state index in [4.69, 9.17) is 12.2 Å². The van der Waals surface area contributed by atoms with Crippen LogP contribution in [0.5, 0.6) is 0 Å². The number of likely N-dealkylation sites (N-methyl/N-ethyl adjacent to an activating group) is 1. The molecule has 1 atom stereocenters. The smallest absolute Gasteiger partial charge is 0.251 e. The van der Waals surface area contributed by atoms with Gasteiger partial charge in [-0.15, -0.1) is 0 Å². The van der Waals surface area contributed by atoms with Crippen molar-refractivity contribution in [2.75, 3.05) is 32.7 Å². The lowest BCUT2D eigenvalue weighted by Gasteiger charge is -2.32. The molecular formula is C23H32N4O2S. The fourth-order valence-electron chi connectivity index (χ4n) is 4.04. The summed E-state index contributed by atoms with van der Waals surface area (Å²) in [7, 11) is 0. The number of allylic oxidation sites excluding steroid dienone is 2. The number of hydrogen-bond donors (Lipinski definition) is 1. The van der Waals surface area contributed by atoms with E-state index in [0.29, 0.717) is 24.4 Å². The van der Waals surface area contributed by atoms with Gasteiger partial charge in [0.05, 0.1) is 11.6 Å². The first-order valence-electron chi connectivity index (χ1n) is 11.1. The summed E-state index contributed by atoms with van der Waals surface area (Å²) in [5.74, 6) is -0.656. The lowest BCUT2D eigenvalue weighted by Crippen LogP contribution is -2.49.